The molecule has 2 heterocycles. The predicted molar refractivity (Wildman–Crippen MR) is 67.5 cm³/mol. The van der Waals surface area contributed by atoms with Crippen molar-refractivity contribution in [1.82, 2.24) is 15.1 Å². The van der Waals surface area contributed by atoms with Gasteiger partial charge in [-0.05, 0) is 30.6 Å². The van der Waals surface area contributed by atoms with Crippen molar-refractivity contribution in [3.05, 3.63) is 30.3 Å². The van der Waals surface area contributed by atoms with Crippen molar-refractivity contribution in [2.24, 2.45) is 5.73 Å². The summed E-state index contributed by atoms with van der Waals surface area (Å²) in [6.07, 6.45) is 4.56. The van der Waals surface area contributed by atoms with Crippen LogP contribution in [0.3, 0.4) is 0 Å². The highest BCUT2D eigenvalue weighted by Gasteiger charge is 2.15. The van der Waals surface area contributed by atoms with Crippen molar-refractivity contribution < 1.29 is 4.52 Å². The minimum absolute atomic E-state index is 0.201. The fourth-order valence-electron chi connectivity index (χ4n) is 1.35. The van der Waals surface area contributed by atoms with E-state index in [4.69, 9.17) is 10.3 Å². The Hall–Kier alpha value is -1.40. The molecule has 1 atom stereocenters. The van der Waals surface area contributed by atoms with Gasteiger partial charge in [0.2, 0.25) is 11.7 Å². The van der Waals surface area contributed by atoms with Crippen molar-refractivity contribution >= 4 is 11.8 Å². The van der Waals surface area contributed by atoms with Crippen LogP contribution in [-0.4, -0.2) is 27.1 Å². The Morgan fingerprint density at radius 3 is 3.06 bits per heavy atom. The molecule has 2 aromatic rings. The Morgan fingerprint density at radius 1 is 1.47 bits per heavy atom. The Labute approximate surface area is 104 Å². The third-order valence-corrected chi connectivity index (χ3v) is 2.93. The molecule has 0 saturated heterocycles. The molecule has 0 amide bonds. The number of rotatable bonds is 5. The van der Waals surface area contributed by atoms with Crippen LogP contribution in [0.1, 0.15) is 18.4 Å². The van der Waals surface area contributed by atoms with Gasteiger partial charge in [-0.25, -0.2) is 0 Å². The summed E-state index contributed by atoms with van der Waals surface area (Å²) in [5, 5.41) is 3.88. The van der Waals surface area contributed by atoms with E-state index in [0.717, 1.165) is 12.2 Å². The van der Waals surface area contributed by atoms with Crippen LogP contribution in [0.25, 0.3) is 11.5 Å². The molecule has 0 unspecified atom stereocenters. The maximum atomic E-state index is 5.94. The number of nitrogens with zero attached hydrogens (tertiary/aromatic N) is 3. The second kappa shape index (κ2) is 5.79. The quantitative estimate of drug-likeness (QED) is 0.873. The molecule has 2 N–H and O–H groups in total. The second-order valence-electron chi connectivity index (χ2n) is 3.56. The van der Waals surface area contributed by atoms with Crippen molar-refractivity contribution in [2.45, 2.75) is 12.5 Å². The number of hydrogen-bond acceptors (Lipinski definition) is 6. The highest BCUT2D eigenvalue weighted by atomic mass is 32.2. The Morgan fingerprint density at radius 2 is 2.35 bits per heavy atom. The van der Waals surface area contributed by atoms with Gasteiger partial charge in [0, 0.05) is 6.20 Å². The minimum Gasteiger partial charge on any atom is -0.337 e. The van der Waals surface area contributed by atoms with Gasteiger partial charge in [-0.2, -0.15) is 16.7 Å². The third kappa shape index (κ3) is 3.04. The first-order valence-corrected chi connectivity index (χ1v) is 6.70. The van der Waals surface area contributed by atoms with Crippen LogP contribution < -0.4 is 5.73 Å². The number of pyridine rings is 1. The molecule has 0 fully saturated rings. The van der Waals surface area contributed by atoms with E-state index in [9.17, 15) is 0 Å². The first kappa shape index (κ1) is 12.1. The van der Waals surface area contributed by atoms with Gasteiger partial charge in [-0.15, -0.1) is 0 Å². The van der Waals surface area contributed by atoms with E-state index in [2.05, 4.69) is 15.1 Å². The normalized spacial score (nSPS) is 12.6. The zero-order valence-corrected chi connectivity index (χ0v) is 10.4. The first-order valence-electron chi connectivity index (χ1n) is 5.31. The Kier molecular flexibility index (Phi) is 4.11. The van der Waals surface area contributed by atoms with E-state index >= 15 is 0 Å². The number of thioether (sulfide) groups is 1. The average molecular weight is 250 g/mol. The number of hydrogen-bond donors (Lipinski definition) is 1. The summed E-state index contributed by atoms with van der Waals surface area (Å²) in [4.78, 5) is 8.41. The van der Waals surface area contributed by atoms with Crippen LogP contribution in [0.4, 0.5) is 0 Å². The molecule has 0 saturated carbocycles. The van der Waals surface area contributed by atoms with E-state index in [1.807, 2.05) is 24.5 Å². The van der Waals surface area contributed by atoms with E-state index < -0.39 is 0 Å². The van der Waals surface area contributed by atoms with Crippen LogP contribution in [0.2, 0.25) is 0 Å². The van der Waals surface area contributed by atoms with E-state index in [0.29, 0.717) is 17.4 Å². The third-order valence-electron chi connectivity index (χ3n) is 2.29. The van der Waals surface area contributed by atoms with Gasteiger partial charge in [0.05, 0.1) is 6.04 Å². The number of nitrogens with two attached hydrogens (primary N) is 1. The van der Waals surface area contributed by atoms with Crippen LogP contribution in [-0.2, 0) is 0 Å². The SMILES string of the molecule is CSCC[C@@H](N)c1nc(-c2ccccn2)no1. The lowest BCUT2D eigenvalue weighted by Gasteiger charge is -2.03. The maximum absolute atomic E-state index is 5.94. The van der Waals surface area contributed by atoms with Crippen LogP contribution in [0, 0.1) is 0 Å². The summed E-state index contributed by atoms with van der Waals surface area (Å²) in [5.41, 5.74) is 6.64. The molecule has 0 aliphatic carbocycles. The molecular formula is C11H14N4OS. The lowest BCUT2D eigenvalue weighted by molar-refractivity contribution is 0.353. The molecule has 2 aromatic heterocycles. The van der Waals surface area contributed by atoms with Gasteiger partial charge in [0.1, 0.15) is 5.69 Å². The number of aromatic nitrogens is 3. The van der Waals surface area contributed by atoms with Gasteiger partial charge >= 0.3 is 0 Å². The van der Waals surface area contributed by atoms with Crippen LogP contribution >= 0.6 is 11.8 Å². The smallest absolute Gasteiger partial charge is 0.243 e. The maximum Gasteiger partial charge on any atom is 0.243 e. The van der Waals surface area contributed by atoms with E-state index in [1.165, 1.54) is 0 Å². The fraction of sp³-hybridized carbons (Fsp3) is 0.364. The highest BCUT2D eigenvalue weighted by Crippen LogP contribution is 2.18. The summed E-state index contributed by atoms with van der Waals surface area (Å²) in [6, 6.07) is 5.36. The summed E-state index contributed by atoms with van der Waals surface area (Å²) in [7, 11) is 0. The molecule has 0 spiro atoms. The zero-order valence-electron chi connectivity index (χ0n) is 9.54. The van der Waals surface area contributed by atoms with Crippen molar-refractivity contribution in [3.63, 3.8) is 0 Å². The molecule has 0 aromatic carbocycles. The molecule has 5 nitrogen and oxygen atoms in total. The highest BCUT2D eigenvalue weighted by molar-refractivity contribution is 7.98. The standard InChI is InChI=1S/C11H14N4OS/c1-17-7-5-8(12)11-14-10(15-16-11)9-4-2-3-6-13-9/h2-4,6,8H,5,7,12H2,1H3/t8-/m1/s1. The lowest BCUT2D eigenvalue weighted by atomic mass is 10.2. The molecular weight excluding hydrogens is 236 g/mol. The van der Waals surface area contributed by atoms with Gasteiger partial charge in [-0.1, -0.05) is 11.2 Å². The molecule has 0 aliphatic rings. The van der Waals surface area contributed by atoms with Gasteiger partial charge in [-0.3, -0.25) is 4.98 Å². The average Bonchev–Trinajstić information content (AvgIpc) is 2.86. The summed E-state index contributed by atoms with van der Waals surface area (Å²) in [6.45, 7) is 0. The fourth-order valence-corrected chi connectivity index (χ4v) is 1.84. The molecule has 17 heavy (non-hydrogen) atoms. The van der Waals surface area contributed by atoms with E-state index in [1.54, 1.807) is 18.0 Å². The van der Waals surface area contributed by atoms with Gasteiger partial charge < -0.3 is 10.3 Å². The van der Waals surface area contributed by atoms with Gasteiger partial charge in [0.25, 0.3) is 0 Å². The first-order chi connectivity index (χ1) is 8.31. The Balaban J connectivity index is 2.11. The zero-order chi connectivity index (χ0) is 12.1. The van der Waals surface area contributed by atoms with Gasteiger partial charge in [0.15, 0.2) is 0 Å². The van der Waals surface area contributed by atoms with Crippen LogP contribution in [0.5, 0.6) is 0 Å². The molecule has 2 rings (SSSR count). The van der Waals surface area contributed by atoms with Crippen molar-refractivity contribution in [3.8, 4) is 11.5 Å². The summed E-state index contributed by atoms with van der Waals surface area (Å²) in [5.74, 6) is 1.93. The predicted octanol–water partition coefficient (Wildman–Crippen LogP) is 1.88. The van der Waals surface area contributed by atoms with Crippen LogP contribution in [0.15, 0.2) is 28.9 Å². The molecule has 90 valence electrons. The lowest BCUT2D eigenvalue weighted by Crippen LogP contribution is -2.11. The largest absolute Gasteiger partial charge is 0.337 e. The van der Waals surface area contributed by atoms with E-state index in [-0.39, 0.29) is 6.04 Å². The summed E-state index contributed by atoms with van der Waals surface area (Å²) < 4.78 is 5.14. The molecule has 6 heteroatoms. The molecule has 0 aliphatic heterocycles. The molecule has 0 radical (unpaired) electrons. The minimum atomic E-state index is -0.201. The topological polar surface area (TPSA) is 77.8 Å². The Bertz CT molecular complexity index is 460. The second-order valence-corrected chi connectivity index (χ2v) is 4.54. The van der Waals surface area contributed by atoms with Crippen molar-refractivity contribution in [1.29, 1.82) is 0 Å². The van der Waals surface area contributed by atoms with Crippen molar-refractivity contribution in [2.75, 3.05) is 12.0 Å². The monoisotopic (exact) mass is 250 g/mol. The molecule has 0 bridgehead atoms. The summed E-state index contributed by atoms with van der Waals surface area (Å²) >= 11 is 1.75.